The van der Waals surface area contributed by atoms with Crippen molar-refractivity contribution >= 4 is 0 Å². The normalized spacial score (nSPS) is 14.0. The Morgan fingerprint density at radius 3 is 1.87 bits per heavy atom. The van der Waals surface area contributed by atoms with E-state index in [-0.39, 0.29) is 11.0 Å². The van der Waals surface area contributed by atoms with Gasteiger partial charge in [-0.05, 0) is 46.1 Å². The Morgan fingerprint density at radius 2 is 1.60 bits per heavy atom. The minimum Gasteiger partial charge on any atom is -0.325 e. The number of rotatable bonds is 6. The lowest BCUT2D eigenvalue weighted by Crippen LogP contribution is -2.54. The molecule has 15 heavy (non-hydrogen) atoms. The van der Waals surface area contributed by atoms with Crippen LogP contribution in [0.4, 0.5) is 0 Å². The second-order valence-corrected chi connectivity index (χ2v) is 6.17. The fourth-order valence-electron chi connectivity index (χ4n) is 1.52. The first-order chi connectivity index (χ1) is 6.62. The number of hydrogen-bond donors (Lipinski definition) is 1. The maximum atomic E-state index is 6.23. The molecule has 0 amide bonds. The minimum absolute atomic E-state index is 0.131. The molecule has 0 saturated heterocycles. The van der Waals surface area contributed by atoms with Crippen LogP contribution in [-0.2, 0) is 0 Å². The van der Waals surface area contributed by atoms with E-state index in [4.69, 9.17) is 5.73 Å². The summed E-state index contributed by atoms with van der Waals surface area (Å²) in [5, 5.41) is 0. The first kappa shape index (κ1) is 14.9. The van der Waals surface area contributed by atoms with Crippen LogP contribution in [0.15, 0.2) is 0 Å². The van der Waals surface area contributed by atoms with Crippen molar-refractivity contribution in [3.63, 3.8) is 0 Å². The Balaban J connectivity index is 4.52. The molecule has 92 valence electrons. The van der Waals surface area contributed by atoms with Crippen molar-refractivity contribution in [2.45, 2.75) is 66.5 Å². The molecule has 0 spiro atoms. The molecule has 0 atom stereocenters. The van der Waals surface area contributed by atoms with Crippen molar-refractivity contribution in [3.05, 3.63) is 0 Å². The third kappa shape index (κ3) is 4.52. The van der Waals surface area contributed by atoms with Crippen LogP contribution in [0.5, 0.6) is 0 Å². The summed E-state index contributed by atoms with van der Waals surface area (Å²) in [6.07, 6.45) is 1.21. The molecule has 2 nitrogen and oxygen atoms in total. The molecule has 0 aliphatic heterocycles. The summed E-state index contributed by atoms with van der Waals surface area (Å²) in [4.78, 5) is 2.52. The molecule has 0 radical (unpaired) electrons. The van der Waals surface area contributed by atoms with Gasteiger partial charge in [-0.3, -0.25) is 0 Å². The highest BCUT2D eigenvalue weighted by Crippen LogP contribution is 2.29. The van der Waals surface area contributed by atoms with Gasteiger partial charge < -0.3 is 10.6 Å². The fourth-order valence-corrected chi connectivity index (χ4v) is 1.52. The monoisotopic (exact) mass is 214 g/mol. The maximum Gasteiger partial charge on any atom is 0.0161 e. The van der Waals surface area contributed by atoms with Gasteiger partial charge in [0.15, 0.2) is 0 Å². The SMILES string of the molecule is CCCN(CC(C)(C)C(C)(C)N)C(C)C. The molecule has 0 aliphatic carbocycles. The lowest BCUT2D eigenvalue weighted by Gasteiger charge is -2.43. The van der Waals surface area contributed by atoms with Crippen molar-refractivity contribution in [2.24, 2.45) is 11.1 Å². The molecule has 0 fully saturated rings. The third-order valence-electron chi connectivity index (χ3n) is 3.58. The van der Waals surface area contributed by atoms with Crippen LogP contribution in [0, 0.1) is 5.41 Å². The van der Waals surface area contributed by atoms with Gasteiger partial charge in [-0.25, -0.2) is 0 Å². The van der Waals surface area contributed by atoms with E-state index < -0.39 is 0 Å². The standard InChI is InChI=1S/C13H30N2/c1-8-9-15(11(2)3)10-12(4,5)13(6,7)14/h11H,8-10,14H2,1-7H3. The summed E-state index contributed by atoms with van der Waals surface area (Å²) in [5.74, 6) is 0. The zero-order valence-corrected chi connectivity index (χ0v) is 11.7. The van der Waals surface area contributed by atoms with E-state index in [0.717, 1.165) is 13.1 Å². The number of nitrogens with zero attached hydrogens (tertiary/aromatic N) is 1. The summed E-state index contributed by atoms with van der Waals surface area (Å²) in [6.45, 7) is 17.8. The molecule has 0 aromatic heterocycles. The summed E-state index contributed by atoms with van der Waals surface area (Å²) < 4.78 is 0. The van der Waals surface area contributed by atoms with Crippen LogP contribution < -0.4 is 5.73 Å². The van der Waals surface area contributed by atoms with Gasteiger partial charge in [-0.15, -0.1) is 0 Å². The van der Waals surface area contributed by atoms with E-state index in [1.54, 1.807) is 0 Å². The second-order valence-electron chi connectivity index (χ2n) is 6.17. The first-order valence-corrected chi connectivity index (χ1v) is 6.14. The average molecular weight is 214 g/mol. The van der Waals surface area contributed by atoms with Gasteiger partial charge in [-0.2, -0.15) is 0 Å². The molecule has 0 aromatic carbocycles. The smallest absolute Gasteiger partial charge is 0.0161 e. The average Bonchev–Trinajstić information content (AvgIpc) is 2.00. The Labute approximate surface area is 96.2 Å². The zero-order valence-electron chi connectivity index (χ0n) is 11.7. The molecule has 2 heteroatoms. The Kier molecular flexibility index (Phi) is 5.28. The highest BCUT2D eigenvalue weighted by molar-refractivity contribution is 4.92. The van der Waals surface area contributed by atoms with Gasteiger partial charge in [0.2, 0.25) is 0 Å². The van der Waals surface area contributed by atoms with Crippen LogP contribution >= 0.6 is 0 Å². The first-order valence-electron chi connectivity index (χ1n) is 6.14. The van der Waals surface area contributed by atoms with Crippen LogP contribution in [0.1, 0.15) is 54.9 Å². The Bertz CT molecular complexity index is 177. The molecule has 0 unspecified atom stereocenters. The van der Waals surface area contributed by atoms with E-state index in [0.29, 0.717) is 6.04 Å². The maximum absolute atomic E-state index is 6.23. The van der Waals surface area contributed by atoms with Gasteiger partial charge in [-0.1, -0.05) is 20.8 Å². The van der Waals surface area contributed by atoms with Gasteiger partial charge in [0, 0.05) is 18.1 Å². The summed E-state index contributed by atoms with van der Waals surface area (Å²) in [6, 6.07) is 0.603. The van der Waals surface area contributed by atoms with Gasteiger partial charge in [0.05, 0.1) is 0 Å². The van der Waals surface area contributed by atoms with Crippen molar-refractivity contribution in [2.75, 3.05) is 13.1 Å². The zero-order chi connectivity index (χ0) is 12.3. The topological polar surface area (TPSA) is 29.3 Å². The van der Waals surface area contributed by atoms with Crippen LogP contribution in [0.2, 0.25) is 0 Å². The largest absolute Gasteiger partial charge is 0.325 e. The van der Waals surface area contributed by atoms with E-state index in [2.05, 4.69) is 53.4 Å². The van der Waals surface area contributed by atoms with E-state index >= 15 is 0 Å². The van der Waals surface area contributed by atoms with Gasteiger partial charge in [0.1, 0.15) is 0 Å². The molecule has 0 saturated carbocycles. The fraction of sp³-hybridized carbons (Fsp3) is 1.00. The highest BCUT2D eigenvalue weighted by atomic mass is 15.2. The van der Waals surface area contributed by atoms with Crippen LogP contribution in [-0.4, -0.2) is 29.6 Å². The van der Waals surface area contributed by atoms with Crippen molar-refractivity contribution in [1.82, 2.24) is 4.90 Å². The lowest BCUT2D eigenvalue weighted by atomic mass is 9.74. The van der Waals surface area contributed by atoms with E-state index in [1.165, 1.54) is 6.42 Å². The van der Waals surface area contributed by atoms with Gasteiger partial charge >= 0.3 is 0 Å². The van der Waals surface area contributed by atoms with E-state index in [9.17, 15) is 0 Å². The molecular formula is C13H30N2. The van der Waals surface area contributed by atoms with Crippen molar-refractivity contribution in [3.8, 4) is 0 Å². The quantitative estimate of drug-likeness (QED) is 0.736. The number of nitrogens with two attached hydrogens (primary N) is 1. The van der Waals surface area contributed by atoms with Crippen LogP contribution in [0.25, 0.3) is 0 Å². The third-order valence-corrected chi connectivity index (χ3v) is 3.58. The molecule has 0 aromatic rings. The Morgan fingerprint density at radius 1 is 1.13 bits per heavy atom. The second kappa shape index (κ2) is 5.31. The summed E-state index contributed by atoms with van der Waals surface area (Å²) >= 11 is 0. The highest BCUT2D eigenvalue weighted by Gasteiger charge is 2.35. The molecule has 0 rings (SSSR count). The van der Waals surface area contributed by atoms with E-state index in [1.807, 2.05) is 0 Å². The Hall–Kier alpha value is -0.0800. The minimum atomic E-state index is -0.131. The molecule has 0 bridgehead atoms. The summed E-state index contributed by atoms with van der Waals surface area (Å²) in [5.41, 5.74) is 6.25. The predicted octanol–water partition coefficient (Wildman–Crippen LogP) is 2.87. The molecule has 0 aliphatic rings. The lowest BCUT2D eigenvalue weighted by molar-refractivity contribution is 0.0927. The summed E-state index contributed by atoms with van der Waals surface area (Å²) in [7, 11) is 0. The molecule has 0 heterocycles. The predicted molar refractivity (Wildman–Crippen MR) is 69.0 cm³/mol. The van der Waals surface area contributed by atoms with Crippen LogP contribution in [0.3, 0.4) is 0 Å². The molecular weight excluding hydrogens is 184 g/mol. The number of hydrogen-bond acceptors (Lipinski definition) is 2. The van der Waals surface area contributed by atoms with Crippen molar-refractivity contribution < 1.29 is 0 Å². The molecule has 2 N–H and O–H groups in total. The van der Waals surface area contributed by atoms with Gasteiger partial charge in [0.25, 0.3) is 0 Å². The van der Waals surface area contributed by atoms with Crippen molar-refractivity contribution in [1.29, 1.82) is 0 Å².